The Morgan fingerprint density at radius 1 is 1.37 bits per heavy atom. The van der Waals surface area contributed by atoms with E-state index in [0.29, 0.717) is 10.7 Å². The molecular weight excluding hydrogens is 246 g/mol. The van der Waals surface area contributed by atoms with Gasteiger partial charge in [0.25, 0.3) is 0 Å². The lowest BCUT2D eigenvalue weighted by Gasteiger charge is -2.14. The van der Waals surface area contributed by atoms with E-state index in [2.05, 4.69) is 4.99 Å². The molecule has 0 atom stereocenters. The van der Waals surface area contributed by atoms with Gasteiger partial charge in [0, 0.05) is 0 Å². The van der Waals surface area contributed by atoms with E-state index in [9.17, 15) is 4.79 Å². The molecule has 0 aliphatic carbocycles. The summed E-state index contributed by atoms with van der Waals surface area (Å²) in [5, 5.41) is 0.577. The summed E-state index contributed by atoms with van der Waals surface area (Å²) in [6, 6.07) is 4.40. The van der Waals surface area contributed by atoms with Gasteiger partial charge in [-0.1, -0.05) is 0 Å². The van der Waals surface area contributed by atoms with Crippen molar-refractivity contribution in [2.75, 3.05) is 0 Å². The highest BCUT2D eigenvalue weighted by Gasteiger charge is 2.09. The van der Waals surface area contributed by atoms with Gasteiger partial charge in [0.05, 0.1) is 11.8 Å². The summed E-state index contributed by atoms with van der Waals surface area (Å²) in [7, 11) is 0. The van der Waals surface area contributed by atoms with E-state index in [-0.39, 0.29) is 12.1 Å². The molecule has 2 amide bonds. The Morgan fingerprint density at radius 3 is 2.47 bits per heavy atom. The molecule has 0 saturated heterocycles. The number of benzene rings is 1. The number of hydrazine groups is 1. The number of aliphatic imine (C=N–C) groups is 1. The van der Waals surface area contributed by atoms with Crippen molar-refractivity contribution in [3.8, 4) is 5.75 Å². The summed E-state index contributed by atoms with van der Waals surface area (Å²) in [5.41, 5.74) is 12.0. The number of primary amides is 1. The first-order chi connectivity index (χ1) is 8.81. The molecule has 0 aromatic heterocycles. The van der Waals surface area contributed by atoms with Crippen LogP contribution in [0.1, 0.15) is 19.4 Å². The molecule has 0 bridgehead atoms. The third-order valence-corrected chi connectivity index (χ3v) is 2.25. The lowest BCUT2D eigenvalue weighted by molar-refractivity contribution is 0.230. The molecule has 0 spiro atoms. The molecule has 104 valence electrons. The van der Waals surface area contributed by atoms with Crippen LogP contribution in [-0.2, 0) is 0 Å². The number of carbonyl (C=O) groups excluding carboxylic acids is 1. The molecular formula is C12H19N5O2. The molecule has 0 aliphatic heterocycles. The molecule has 7 nitrogen and oxygen atoms in total. The Balaban J connectivity index is 2.95. The topological polar surface area (TPSA) is 120 Å². The second-order valence-electron chi connectivity index (χ2n) is 4.29. The highest BCUT2D eigenvalue weighted by molar-refractivity contribution is 5.95. The molecule has 1 rings (SSSR count). The van der Waals surface area contributed by atoms with Crippen molar-refractivity contribution in [2.24, 2.45) is 22.3 Å². The number of nitrogens with two attached hydrogens (primary N) is 3. The maximum absolute atomic E-state index is 10.8. The van der Waals surface area contributed by atoms with Gasteiger partial charge in [-0.05, 0) is 44.5 Å². The quantitative estimate of drug-likeness (QED) is 0.248. The van der Waals surface area contributed by atoms with E-state index in [0.717, 1.165) is 11.3 Å². The SMILES string of the molecule is Cc1cc(N=C(N)N(N)C(N)=O)ccc1OC(C)C. The molecule has 0 aliphatic rings. The second kappa shape index (κ2) is 6.05. The van der Waals surface area contributed by atoms with Crippen LogP contribution < -0.4 is 22.0 Å². The van der Waals surface area contributed by atoms with Crippen LogP contribution in [0.3, 0.4) is 0 Å². The summed E-state index contributed by atoms with van der Waals surface area (Å²) in [4.78, 5) is 14.8. The summed E-state index contributed by atoms with van der Waals surface area (Å²) in [5.74, 6) is 5.91. The lowest BCUT2D eigenvalue weighted by atomic mass is 10.2. The predicted octanol–water partition coefficient (Wildman–Crippen LogP) is 0.983. The van der Waals surface area contributed by atoms with E-state index in [1.807, 2.05) is 20.8 Å². The van der Waals surface area contributed by atoms with Gasteiger partial charge in [0.2, 0.25) is 5.96 Å². The monoisotopic (exact) mass is 265 g/mol. The number of nitrogens with zero attached hydrogens (tertiary/aromatic N) is 2. The second-order valence-corrected chi connectivity index (χ2v) is 4.29. The van der Waals surface area contributed by atoms with E-state index in [1.54, 1.807) is 18.2 Å². The van der Waals surface area contributed by atoms with E-state index in [4.69, 9.17) is 22.0 Å². The number of ether oxygens (including phenoxy) is 1. The molecule has 0 fully saturated rings. The molecule has 0 radical (unpaired) electrons. The Bertz CT molecular complexity index is 499. The lowest BCUT2D eigenvalue weighted by Crippen LogP contribution is -2.49. The van der Waals surface area contributed by atoms with Crippen LogP contribution in [0.5, 0.6) is 5.75 Å². The third-order valence-electron chi connectivity index (χ3n) is 2.25. The Kier molecular flexibility index (Phi) is 4.71. The Morgan fingerprint density at radius 2 is 2.00 bits per heavy atom. The number of hydrogen-bond donors (Lipinski definition) is 3. The van der Waals surface area contributed by atoms with E-state index in [1.165, 1.54) is 0 Å². The fourth-order valence-corrected chi connectivity index (χ4v) is 1.39. The summed E-state index contributed by atoms with van der Waals surface area (Å²) in [6.07, 6.45) is 0.0903. The normalized spacial score (nSPS) is 11.5. The Labute approximate surface area is 112 Å². The van der Waals surface area contributed by atoms with Crippen LogP contribution in [0.15, 0.2) is 23.2 Å². The van der Waals surface area contributed by atoms with Crippen molar-refractivity contribution in [1.29, 1.82) is 0 Å². The maximum atomic E-state index is 10.8. The number of aryl methyl sites for hydroxylation is 1. The van der Waals surface area contributed by atoms with Gasteiger partial charge < -0.3 is 16.2 Å². The molecule has 19 heavy (non-hydrogen) atoms. The van der Waals surface area contributed by atoms with Crippen molar-refractivity contribution in [3.05, 3.63) is 23.8 Å². The first-order valence-electron chi connectivity index (χ1n) is 5.77. The van der Waals surface area contributed by atoms with Gasteiger partial charge in [-0.25, -0.2) is 15.6 Å². The molecule has 1 aromatic carbocycles. The number of urea groups is 1. The maximum Gasteiger partial charge on any atom is 0.336 e. The van der Waals surface area contributed by atoms with Crippen LogP contribution in [-0.4, -0.2) is 23.1 Å². The van der Waals surface area contributed by atoms with E-state index >= 15 is 0 Å². The third kappa shape index (κ3) is 4.14. The average Bonchev–Trinajstić information content (AvgIpc) is 2.31. The number of hydrogen-bond acceptors (Lipinski definition) is 4. The predicted molar refractivity (Wildman–Crippen MR) is 73.8 cm³/mol. The number of guanidine groups is 1. The van der Waals surface area contributed by atoms with Crippen LogP contribution in [0.2, 0.25) is 0 Å². The molecule has 1 aromatic rings. The molecule has 6 N–H and O–H groups in total. The molecule has 0 saturated carbocycles. The summed E-state index contributed by atoms with van der Waals surface area (Å²) in [6.45, 7) is 5.78. The largest absolute Gasteiger partial charge is 0.491 e. The smallest absolute Gasteiger partial charge is 0.336 e. The van der Waals surface area contributed by atoms with Gasteiger partial charge in [0.15, 0.2) is 0 Å². The highest BCUT2D eigenvalue weighted by atomic mass is 16.5. The molecule has 7 heteroatoms. The van der Waals surface area contributed by atoms with Crippen molar-refractivity contribution in [2.45, 2.75) is 26.9 Å². The Hall–Kier alpha value is -2.28. The minimum Gasteiger partial charge on any atom is -0.491 e. The minimum atomic E-state index is -0.877. The summed E-state index contributed by atoms with van der Waals surface area (Å²) < 4.78 is 5.60. The van der Waals surface area contributed by atoms with Gasteiger partial charge in [-0.2, -0.15) is 5.01 Å². The zero-order valence-electron chi connectivity index (χ0n) is 11.3. The van der Waals surface area contributed by atoms with Crippen LogP contribution in [0.25, 0.3) is 0 Å². The van der Waals surface area contributed by atoms with E-state index < -0.39 is 6.03 Å². The van der Waals surface area contributed by atoms with Crippen LogP contribution in [0, 0.1) is 6.92 Å². The summed E-state index contributed by atoms with van der Waals surface area (Å²) >= 11 is 0. The van der Waals surface area contributed by atoms with Gasteiger partial charge in [0.1, 0.15) is 5.75 Å². The van der Waals surface area contributed by atoms with Crippen molar-refractivity contribution in [3.63, 3.8) is 0 Å². The highest BCUT2D eigenvalue weighted by Crippen LogP contribution is 2.24. The van der Waals surface area contributed by atoms with Gasteiger partial charge in [-0.15, -0.1) is 0 Å². The fraction of sp³-hybridized carbons (Fsp3) is 0.333. The van der Waals surface area contributed by atoms with Crippen molar-refractivity contribution < 1.29 is 9.53 Å². The van der Waals surface area contributed by atoms with Gasteiger partial charge >= 0.3 is 6.03 Å². The number of amides is 2. The van der Waals surface area contributed by atoms with Crippen LogP contribution in [0.4, 0.5) is 10.5 Å². The number of carbonyl (C=O) groups is 1. The first kappa shape index (κ1) is 14.8. The van der Waals surface area contributed by atoms with Crippen molar-refractivity contribution in [1.82, 2.24) is 5.01 Å². The fourth-order valence-electron chi connectivity index (χ4n) is 1.39. The van der Waals surface area contributed by atoms with Crippen LogP contribution >= 0.6 is 0 Å². The average molecular weight is 265 g/mol. The molecule has 0 unspecified atom stereocenters. The first-order valence-corrected chi connectivity index (χ1v) is 5.77. The van der Waals surface area contributed by atoms with Crippen molar-refractivity contribution >= 4 is 17.7 Å². The standard InChI is InChI=1S/C12H19N5O2/c1-7(2)19-10-5-4-9(6-8(10)3)16-11(13)17(15)12(14)18/h4-7H,15H2,1-3H3,(H2,13,16)(H2,14,18). The zero-order valence-corrected chi connectivity index (χ0v) is 11.3. The minimum absolute atomic E-state index is 0.0903. The van der Waals surface area contributed by atoms with Gasteiger partial charge in [-0.3, -0.25) is 0 Å². The number of rotatable bonds is 3. The molecule has 0 heterocycles. The zero-order chi connectivity index (χ0) is 14.6.